The van der Waals surface area contributed by atoms with Crippen molar-refractivity contribution in [2.45, 2.75) is 25.2 Å². The highest BCUT2D eigenvalue weighted by Gasteiger charge is 2.53. The molecule has 2 aromatic carbocycles. The molecular formula is C29H18F8N4O8. The van der Waals surface area contributed by atoms with Crippen molar-refractivity contribution in [2.75, 3.05) is 24.0 Å². The summed E-state index contributed by atoms with van der Waals surface area (Å²) in [5, 5.41) is 0.303. The average molecular weight is 702 g/mol. The number of nitrogens with zero attached hydrogens (tertiary/aromatic N) is 4. The van der Waals surface area contributed by atoms with Gasteiger partial charge >= 0.3 is 31.0 Å². The van der Waals surface area contributed by atoms with Crippen LogP contribution in [0.15, 0.2) is 61.1 Å². The molecule has 12 nitrogen and oxygen atoms in total. The number of imide groups is 1. The molecule has 0 aliphatic carbocycles. The Morgan fingerprint density at radius 1 is 0.837 bits per heavy atom. The standard InChI is InChI=1S/C29H18F8N4O8/c1-45-20-9-16-17(10-21(20)46-2)39-6-5-18(16)47-19-4-3-14(8-22(19)48-26(30)31)40-23(42)24(49-25(43)29(35,36)37)41(27(40)44)15-7-13(11-38-12-15)28(32,33)34/h3-12,24,26H,1-2H3. The fraction of sp³-hybridized carbons (Fsp3) is 0.207. The number of hydrogen-bond acceptors (Lipinski definition) is 10. The Morgan fingerprint density at radius 2 is 1.53 bits per heavy atom. The zero-order valence-electron chi connectivity index (χ0n) is 24.5. The van der Waals surface area contributed by atoms with E-state index in [-0.39, 0.29) is 27.4 Å². The highest BCUT2D eigenvalue weighted by molar-refractivity contribution is 6.28. The number of carbonyl (C=O) groups is 3. The van der Waals surface area contributed by atoms with Gasteiger partial charge in [-0.25, -0.2) is 19.4 Å². The molecule has 1 aliphatic heterocycles. The Bertz CT molecular complexity index is 1940. The van der Waals surface area contributed by atoms with E-state index in [0.29, 0.717) is 35.1 Å². The molecule has 0 spiro atoms. The van der Waals surface area contributed by atoms with Gasteiger partial charge in [0.05, 0.1) is 42.9 Å². The third-order valence-corrected chi connectivity index (χ3v) is 6.67. The second-order valence-electron chi connectivity index (χ2n) is 9.66. The molecule has 4 aromatic rings. The molecule has 0 radical (unpaired) electrons. The van der Waals surface area contributed by atoms with Gasteiger partial charge in [-0.3, -0.25) is 14.8 Å². The lowest BCUT2D eigenvalue weighted by atomic mass is 10.1. The van der Waals surface area contributed by atoms with Gasteiger partial charge in [0, 0.05) is 29.9 Å². The summed E-state index contributed by atoms with van der Waals surface area (Å²) in [7, 11) is 2.74. The molecule has 49 heavy (non-hydrogen) atoms. The molecule has 20 heteroatoms. The van der Waals surface area contributed by atoms with Crippen molar-refractivity contribution in [2.24, 2.45) is 0 Å². The van der Waals surface area contributed by atoms with Crippen LogP contribution in [-0.2, 0) is 20.5 Å². The number of fused-ring (bicyclic) bond motifs is 1. The lowest BCUT2D eigenvalue weighted by molar-refractivity contribution is -0.204. The predicted octanol–water partition coefficient (Wildman–Crippen LogP) is 6.46. The Kier molecular flexibility index (Phi) is 9.07. The number of anilines is 2. The molecule has 3 heterocycles. The zero-order valence-corrected chi connectivity index (χ0v) is 24.5. The molecule has 1 saturated heterocycles. The van der Waals surface area contributed by atoms with Gasteiger partial charge in [-0.15, -0.1) is 0 Å². The van der Waals surface area contributed by atoms with Crippen LogP contribution in [0.1, 0.15) is 5.56 Å². The SMILES string of the molecule is COc1cc2nccc(Oc3ccc(N4C(=O)C(OC(=O)C(F)(F)F)N(c5cncc(C(F)(F)F)c5)C4=O)cc3OC(F)F)c2cc1OC. The first kappa shape index (κ1) is 34.4. The minimum atomic E-state index is -5.70. The van der Waals surface area contributed by atoms with Gasteiger partial charge in [0.25, 0.3) is 12.1 Å². The van der Waals surface area contributed by atoms with E-state index in [1.54, 1.807) is 0 Å². The minimum absolute atomic E-state index is 0.0109. The molecule has 2 aromatic heterocycles. The van der Waals surface area contributed by atoms with E-state index < -0.39 is 71.5 Å². The van der Waals surface area contributed by atoms with Crippen molar-refractivity contribution in [3.05, 3.63) is 66.6 Å². The van der Waals surface area contributed by atoms with Gasteiger partial charge in [0.2, 0.25) is 0 Å². The summed E-state index contributed by atoms with van der Waals surface area (Å²) in [4.78, 5) is 46.1. The number of amides is 3. The van der Waals surface area contributed by atoms with Crippen LogP contribution in [0, 0.1) is 0 Å². The first-order chi connectivity index (χ1) is 23.0. The van der Waals surface area contributed by atoms with Crippen molar-refractivity contribution in [1.82, 2.24) is 9.97 Å². The van der Waals surface area contributed by atoms with E-state index in [2.05, 4.69) is 19.4 Å². The summed E-state index contributed by atoms with van der Waals surface area (Å²) in [6.45, 7) is -3.52. The molecule has 1 atom stereocenters. The lowest BCUT2D eigenvalue weighted by Gasteiger charge is -2.22. The number of benzene rings is 2. The maximum atomic E-state index is 13.5. The monoisotopic (exact) mass is 702 g/mol. The summed E-state index contributed by atoms with van der Waals surface area (Å²) < 4.78 is 132. The van der Waals surface area contributed by atoms with E-state index in [1.807, 2.05) is 0 Å². The van der Waals surface area contributed by atoms with E-state index in [9.17, 15) is 49.5 Å². The second kappa shape index (κ2) is 12.9. The van der Waals surface area contributed by atoms with Crippen LogP contribution < -0.4 is 28.7 Å². The summed E-state index contributed by atoms with van der Waals surface area (Å²) in [6, 6.07) is 5.49. The lowest BCUT2D eigenvalue weighted by Crippen LogP contribution is -2.42. The van der Waals surface area contributed by atoms with Gasteiger partial charge in [0.1, 0.15) is 5.75 Å². The molecule has 1 unspecified atom stereocenters. The maximum absolute atomic E-state index is 13.5. The van der Waals surface area contributed by atoms with Crippen LogP contribution >= 0.6 is 0 Å². The predicted molar refractivity (Wildman–Crippen MR) is 149 cm³/mol. The highest BCUT2D eigenvalue weighted by atomic mass is 19.4. The van der Waals surface area contributed by atoms with Gasteiger partial charge in [-0.1, -0.05) is 0 Å². The van der Waals surface area contributed by atoms with Gasteiger partial charge in [-0.2, -0.15) is 35.1 Å². The van der Waals surface area contributed by atoms with Crippen LogP contribution in [0.5, 0.6) is 28.7 Å². The Balaban J connectivity index is 1.57. The molecule has 1 fully saturated rings. The Morgan fingerprint density at radius 3 is 2.16 bits per heavy atom. The van der Waals surface area contributed by atoms with Crippen molar-refractivity contribution in [1.29, 1.82) is 0 Å². The number of hydrogen-bond donors (Lipinski definition) is 0. The number of aromatic nitrogens is 2. The van der Waals surface area contributed by atoms with Crippen molar-refractivity contribution in [3.63, 3.8) is 0 Å². The molecule has 0 N–H and O–H groups in total. The summed E-state index contributed by atoms with van der Waals surface area (Å²) >= 11 is 0. The highest BCUT2D eigenvalue weighted by Crippen LogP contribution is 2.42. The van der Waals surface area contributed by atoms with E-state index >= 15 is 0 Å². The van der Waals surface area contributed by atoms with Crippen molar-refractivity contribution < 1.29 is 73.2 Å². The maximum Gasteiger partial charge on any atom is 0.491 e. The minimum Gasteiger partial charge on any atom is -0.493 e. The van der Waals surface area contributed by atoms with E-state index in [1.165, 1.54) is 38.6 Å². The van der Waals surface area contributed by atoms with Crippen LogP contribution in [-0.4, -0.2) is 61.1 Å². The summed E-state index contributed by atoms with van der Waals surface area (Å²) in [6.07, 6.45) is -11.3. The van der Waals surface area contributed by atoms with E-state index in [0.717, 1.165) is 12.1 Å². The van der Waals surface area contributed by atoms with Crippen LogP contribution in [0.25, 0.3) is 10.9 Å². The van der Waals surface area contributed by atoms with Crippen molar-refractivity contribution in [3.8, 4) is 28.7 Å². The molecule has 258 valence electrons. The fourth-order valence-corrected chi connectivity index (χ4v) is 4.56. The number of alkyl halides is 8. The van der Waals surface area contributed by atoms with Crippen molar-refractivity contribution >= 4 is 40.2 Å². The molecule has 5 rings (SSSR count). The van der Waals surface area contributed by atoms with Gasteiger partial charge in [-0.05, 0) is 30.3 Å². The second-order valence-corrected chi connectivity index (χ2v) is 9.66. The molecule has 0 bridgehead atoms. The molecule has 0 saturated carbocycles. The summed E-state index contributed by atoms with van der Waals surface area (Å²) in [5.74, 6) is -5.33. The van der Waals surface area contributed by atoms with Crippen LogP contribution in [0.3, 0.4) is 0 Å². The number of rotatable bonds is 9. The van der Waals surface area contributed by atoms with Crippen LogP contribution in [0.4, 0.5) is 51.3 Å². The first-order valence-corrected chi connectivity index (χ1v) is 13.3. The molecule has 1 aliphatic rings. The third-order valence-electron chi connectivity index (χ3n) is 6.67. The Hall–Kier alpha value is -5.95. The molecule has 3 amide bonds. The van der Waals surface area contributed by atoms with Crippen LogP contribution in [0.2, 0.25) is 0 Å². The van der Waals surface area contributed by atoms with Gasteiger partial charge in [0.15, 0.2) is 23.0 Å². The Labute approximate surface area is 268 Å². The van der Waals surface area contributed by atoms with E-state index in [4.69, 9.17) is 14.2 Å². The quantitative estimate of drug-likeness (QED) is 0.109. The number of methoxy groups -OCH3 is 2. The molecular weight excluding hydrogens is 684 g/mol. The number of urea groups is 1. The zero-order chi connectivity index (χ0) is 35.8. The smallest absolute Gasteiger partial charge is 0.491 e. The third kappa shape index (κ3) is 6.87. The largest absolute Gasteiger partial charge is 0.493 e. The topological polar surface area (TPSA) is 130 Å². The number of halogens is 8. The average Bonchev–Trinajstić information content (AvgIpc) is 3.28. The summed E-state index contributed by atoms with van der Waals surface area (Å²) in [5.41, 5.74) is -2.69. The number of carbonyl (C=O) groups excluding carboxylic acids is 3. The van der Waals surface area contributed by atoms with Gasteiger partial charge < -0.3 is 23.7 Å². The number of esters is 1. The normalized spacial score (nSPS) is 15.2. The number of ether oxygens (including phenoxy) is 5. The number of pyridine rings is 2. The first-order valence-electron chi connectivity index (χ1n) is 13.3. The fourth-order valence-electron chi connectivity index (χ4n) is 4.56.